The number of nitrogens with two attached hydrogens (primary N) is 1. The van der Waals surface area contributed by atoms with Crippen LogP contribution in [0.4, 0.5) is 5.69 Å². The quantitative estimate of drug-likeness (QED) is 0.828. The van der Waals surface area contributed by atoms with Gasteiger partial charge in [-0.3, -0.25) is 4.79 Å². The summed E-state index contributed by atoms with van der Waals surface area (Å²) < 4.78 is 6.45. The van der Waals surface area contributed by atoms with E-state index in [9.17, 15) is 4.79 Å². The molecule has 5 heteroatoms. The molecule has 2 heterocycles. The molecule has 3 N–H and O–H groups in total. The fourth-order valence-electron chi connectivity index (χ4n) is 2.28. The Kier molecular flexibility index (Phi) is 3.40. The minimum atomic E-state index is -0.0183. The van der Waals surface area contributed by atoms with E-state index in [4.69, 9.17) is 10.5 Å². The molecule has 1 fully saturated rings. The highest BCUT2D eigenvalue weighted by Gasteiger charge is 2.18. The number of ether oxygens (including phenoxy) is 1. The Morgan fingerprint density at radius 3 is 3.11 bits per heavy atom. The van der Waals surface area contributed by atoms with Crippen LogP contribution in [0, 0.1) is 0 Å². The first-order valence-electron chi connectivity index (χ1n) is 6.40. The first-order chi connectivity index (χ1) is 9.22. The first kappa shape index (κ1) is 12.4. The van der Waals surface area contributed by atoms with Gasteiger partial charge in [0.05, 0.1) is 17.5 Å². The number of benzene rings is 1. The van der Waals surface area contributed by atoms with Crippen molar-refractivity contribution in [3.05, 3.63) is 29.1 Å². The Bertz CT molecular complexity index is 603. The Balaban J connectivity index is 1.77. The molecule has 0 radical (unpaired) electrons. The third kappa shape index (κ3) is 2.72. The lowest BCUT2D eigenvalue weighted by molar-refractivity contribution is 0.0626. The van der Waals surface area contributed by atoms with Crippen molar-refractivity contribution in [2.24, 2.45) is 0 Å². The molecule has 1 saturated heterocycles. The molecule has 0 aliphatic carbocycles. The molecule has 0 bridgehead atoms. The number of nitrogens with one attached hydrogen (secondary N) is 1. The van der Waals surface area contributed by atoms with Crippen molar-refractivity contribution < 1.29 is 9.53 Å². The molecule has 1 atom stereocenters. The van der Waals surface area contributed by atoms with Crippen LogP contribution < -0.4 is 11.1 Å². The average Bonchev–Trinajstić information content (AvgIpc) is 2.83. The third-order valence-corrected chi connectivity index (χ3v) is 4.37. The van der Waals surface area contributed by atoms with E-state index in [1.54, 1.807) is 0 Å². The van der Waals surface area contributed by atoms with Gasteiger partial charge in [0.1, 0.15) is 0 Å². The summed E-state index contributed by atoms with van der Waals surface area (Å²) in [5, 5.41) is 4.05. The van der Waals surface area contributed by atoms with Crippen molar-refractivity contribution in [1.82, 2.24) is 5.32 Å². The van der Waals surface area contributed by atoms with Crippen molar-refractivity contribution in [2.75, 3.05) is 18.9 Å². The Hall–Kier alpha value is -1.59. The molecule has 2 aromatic rings. The predicted molar refractivity (Wildman–Crippen MR) is 77.5 cm³/mol. The molecule has 3 rings (SSSR count). The fraction of sp³-hybridized carbons (Fsp3) is 0.357. The lowest BCUT2D eigenvalue weighted by atomic mass is 10.1. The minimum Gasteiger partial charge on any atom is -0.399 e. The Labute approximate surface area is 115 Å². The van der Waals surface area contributed by atoms with Gasteiger partial charge in [0.2, 0.25) is 0 Å². The van der Waals surface area contributed by atoms with Crippen LogP contribution in [0.5, 0.6) is 0 Å². The minimum absolute atomic E-state index is 0.0183. The van der Waals surface area contributed by atoms with E-state index in [2.05, 4.69) is 5.32 Å². The molecule has 1 aromatic carbocycles. The second kappa shape index (κ2) is 5.19. The standard InChI is InChI=1S/C14H16N2O2S/c15-10-3-4-12-9(6-10)7-13(19-12)14(17)16-11-2-1-5-18-8-11/h3-4,6-7,11H,1-2,5,8,15H2,(H,16,17). The van der Waals surface area contributed by atoms with E-state index < -0.39 is 0 Å². The third-order valence-electron chi connectivity index (χ3n) is 3.26. The maximum absolute atomic E-state index is 12.2. The molecule has 4 nitrogen and oxygen atoms in total. The topological polar surface area (TPSA) is 64.4 Å². The summed E-state index contributed by atoms with van der Waals surface area (Å²) >= 11 is 1.49. The zero-order valence-corrected chi connectivity index (χ0v) is 11.3. The summed E-state index contributed by atoms with van der Waals surface area (Å²) in [6, 6.07) is 7.74. The maximum Gasteiger partial charge on any atom is 0.261 e. The lowest BCUT2D eigenvalue weighted by Crippen LogP contribution is -2.40. The van der Waals surface area contributed by atoms with E-state index in [1.165, 1.54) is 11.3 Å². The zero-order valence-electron chi connectivity index (χ0n) is 10.5. The van der Waals surface area contributed by atoms with Gasteiger partial charge in [0.25, 0.3) is 5.91 Å². The second-order valence-electron chi connectivity index (χ2n) is 4.80. The van der Waals surface area contributed by atoms with Crippen LogP contribution in [0.1, 0.15) is 22.5 Å². The maximum atomic E-state index is 12.2. The number of anilines is 1. The molecular formula is C14H16N2O2S. The molecule has 1 aliphatic heterocycles. The van der Waals surface area contributed by atoms with Crippen LogP contribution in [0.3, 0.4) is 0 Å². The van der Waals surface area contributed by atoms with Crippen LogP contribution >= 0.6 is 11.3 Å². The van der Waals surface area contributed by atoms with E-state index in [0.717, 1.165) is 40.1 Å². The predicted octanol–water partition coefficient (Wildman–Crippen LogP) is 2.39. The molecule has 100 valence electrons. The number of rotatable bonds is 2. The number of nitrogen functional groups attached to an aromatic ring is 1. The van der Waals surface area contributed by atoms with Gasteiger partial charge < -0.3 is 15.8 Å². The summed E-state index contributed by atoms with van der Waals surface area (Å²) in [7, 11) is 0. The van der Waals surface area contributed by atoms with Crippen LogP contribution in [0.2, 0.25) is 0 Å². The second-order valence-corrected chi connectivity index (χ2v) is 5.88. The molecule has 1 aromatic heterocycles. The van der Waals surface area contributed by atoms with Gasteiger partial charge >= 0.3 is 0 Å². The van der Waals surface area contributed by atoms with Gasteiger partial charge in [0, 0.05) is 17.0 Å². The van der Waals surface area contributed by atoms with E-state index in [1.807, 2.05) is 24.3 Å². The monoisotopic (exact) mass is 276 g/mol. The van der Waals surface area contributed by atoms with E-state index >= 15 is 0 Å². The van der Waals surface area contributed by atoms with Gasteiger partial charge in [-0.05, 0) is 42.5 Å². The van der Waals surface area contributed by atoms with Crippen LogP contribution in [-0.4, -0.2) is 25.2 Å². The smallest absolute Gasteiger partial charge is 0.261 e. The van der Waals surface area contributed by atoms with Gasteiger partial charge in [-0.2, -0.15) is 0 Å². The van der Waals surface area contributed by atoms with E-state index in [0.29, 0.717) is 6.61 Å². The summed E-state index contributed by atoms with van der Waals surface area (Å²) in [5.41, 5.74) is 6.47. The number of hydrogen-bond donors (Lipinski definition) is 2. The highest BCUT2D eigenvalue weighted by molar-refractivity contribution is 7.20. The molecule has 1 amide bonds. The number of fused-ring (bicyclic) bond motifs is 1. The van der Waals surface area contributed by atoms with Crippen molar-refractivity contribution in [1.29, 1.82) is 0 Å². The summed E-state index contributed by atoms with van der Waals surface area (Å²) in [6.45, 7) is 1.41. The van der Waals surface area contributed by atoms with Crippen molar-refractivity contribution in [3.63, 3.8) is 0 Å². The highest BCUT2D eigenvalue weighted by atomic mass is 32.1. The van der Waals surface area contributed by atoms with Crippen molar-refractivity contribution >= 4 is 33.0 Å². The highest BCUT2D eigenvalue weighted by Crippen LogP contribution is 2.27. The number of hydrogen-bond acceptors (Lipinski definition) is 4. The van der Waals surface area contributed by atoms with Crippen LogP contribution in [-0.2, 0) is 4.74 Å². The summed E-state index contributed by atoms with van der Waals surface area (Å²) in [6.07, 6.45) is 2.00. The van der Waals surface area contributed by atoms with Gasteiger partial charge in [-0.1, -0.05) is 0 Å². The fourth-order valence-corrected chi connectivity index (χ4v) is 3.23. The molecule has 1 unspecified atom stereocenters. The first-order valence-corrected chi connectivity index (χ1v) is 7.22. The van der Waals surface area contributed by atoms with Crippen LogP contribution in [0.25, 0.3) is 10.1 Å². The molecule has 0 spiro atoms. The van der Waals surface area contributed by atoms with Crippen LogP contribution in [0.15, 0.2) is 24.3 Å². The largest absolute Gasteiger partial charge is 0.399 e. The normalized spacial score (nSPS) is 19.5. The molecule has 19 heavy (non-hydrogen) atoms. The molecular weight excluding hydrogens is 260 g/mol. The molecule has 1 aliphatic rings. The lowest BCUT2D eigenvalue weighted by Gasteiger charge is -2.22. The number of carbonyl (C=O) groups excluding carboxylic acids is 1. The molecule has 0 saturated carbocycles. The number of carbonyl (C=O) groups is 1. The van der Waals surface area contributed by atoms with Crippen molar-refractivity contribution in [3.8, 4) is 0 Å². The average molecular weight is 276 g/mol. The Morgan fingerprint density at radius 1 is 1.42 bits per heavy atom. The summed E-state index contributed by atoms with van der Waals surface area (Å²) in [4.78, 5) is 12.9. The Morgan fingerprint density at radius 2 is 2.32 bits per heavy atom. The van der Waals surface area contributed by atoms with Gasteiger partial charge in [-0.25, -0.2) is 0 Å². The zero-order chi connectivity index (χ0) is 13.2. The van der Waals surface area contributed by atoms with E-state index in [-0.39, 0.29) is 11.9 Å². The number of amides is 1. The van der Waals surface area contributed by atoms with Gasteiger partial charge in [0.15, 0.2) is 0 Å². The van der Waals surface area contributed by atoms with Crippen molar-refractivity contribution in [2.45, 2.75) is 18.9 Å². The SMILES string of the molecule is Nc1ccc2sc(C(=O)NC3CCCOC3)cc2c1. The summed E-state index contributed by atoms with van der Waals surface area (Å²) in [5.74, 6) is -0.0183. The number of thiophene rings is 1. The van der Waals surface area contributed by atoms with Gasteiger partial charge in [-0.15, -0.1) is 11.3 Å².